The summed E-state index contributed by atoms with van der Waals surface area (Å²) in [5.41, 5.74) is 0.0800. The number of carbonyl (C=O) groups excluding carboxylic acids is 2. The number of hydrogen-bond acceptors (Lipinski definition) is 4. The van der Waals surface area contributed by atoms with Crippen LogP contribution < -0.4 is 5.19 Å². The second kappa shape index (κ2) is 8.29. The third-order valence-corrected chi connectivity index (χ3v) is 9.18. The molecule has 0 unspecified atom stereocenters. The first-order valence-electron chi connectivity index (χ1n) is 7.95. The number of carbonyl (C=O) groups is 2. The number of benzene rings is 1. The molecule has 0 aliphatic carbocycles. The van der Waals surface area contributed by atoms with Gasteiger partial charge in [-0.15, -0.1) is 0 Å². The van der Waals surface area contributed by atoms with Gasteiger partial charge < -0.3 is 9.47 Å². The molecule has 0 saturated heterocycles. The lowest BCUT2D eigenvalue weighted by molar-refractivity contribution is -0.152. The van der Waals surface area contributed by atoms with Gasteiger partial charge in [-0.05, 0) is 11.5 Å². The highest BCUT2D eigenvalue weighted by molar-refractivity contribution is 6.91. The van der Waals surface area contributed by atoms with Crippen molar-refractivity contribution < 1.29 is 19.1 Å². The largest absolute Gasteiger partial charge is 0.469 e. The third-order valence-electron chi connectivity index (χ3n) is 4.62. The summed E-state index contributed by atoms with van der Waals surface area (Å²) in [6, 6.07) is 10.3. The molecule has 5 heteroatoms. The molecule has 2 atom stereocenters. The number of methoxy groups -OCH3 is 2. The van der Waals surface area contributed by atoms with Crippen LogP contribution in [-0.2, 0) is 19.1 Å². The van der Waals surface area contributed by atoms with Gasteiger partial charge in [0.05, 0.1) is 34.6 Å². The van der Waals surface area contributed by atoms with E-state index in [0.29, 0.717) is 0 Å². The molecule has 1 rings (SSSR count). The predicted octanol–water partition coefficient (Wildman–Crippen LogP) is 2.98. The highest BCUT2D eigenvalue weighted by Crippen LogP contribution is 2.39. The lowest BCUT2D eigenvalue weighted by atomic mass is 9.93. The molecule has 0 bridgehead atoms. The quantitative estimate of drug-likeness (QED) is 0.567. The standard InChI is InChI=1S/C18H28O4Si/c1-13(2)17(15(18(20)22-4)12-16(19)21-3)23(5,6)14-10-8-7-9-11-14/h7-11,13,15,17H,12H2,1-6H3/t15-,17+/m0/s1. The molecule has 0 aromatic heterocycles. The van der Waals surface area contributed by atoms with E-state index in [2.05, 4.69) is 39.1 Å². The average Bonchev–Trinajstić information content (AvgIpc) is 2.53. The predicted molar refractivity (Wildman–Crippen MR) is 94.3 cm³/mol. The fourth-order valence-corrected chi connectivity index (χ4v) is 8.00. The van der Waals surface area contributed by atoms with Gasteiger partial charge in [-0.2, -0.15) is 0 Å². The van der Waals surface area contributed by atoms with Gasteiger partial charge in [0.25, 0.3) is 0 Å². The molecular weight excluding hydrogens is 308 g/mol. The normalized spacial score (nSPS) is 14.2. The van der Waals surface area contributed by atoms with Crippen molar-refractivity contribution in [3.05, 3.63) is 30.3 Å². The van der Waals surface area contributed by atoms with Gasteiger partial charge in [0.15, 0.2) is 0 Å². The Hall–Kier alpha value is -1.62. The summed E-state index contributed by atoms with van der Waals surface area (Å²) in [6.07, 6.45) is 0.0648. The van der Waals surface area contributed by atoms with Crippen LogP contribution in [0.15, 0.2) is 30.3 Å². The van der Waals surface area contributed by atoms with Crippen LogP contribution in [-0.4, -0.2) is 34.2 Å². The first-order valence-corrected chi connectivity index (χ1v) is 11.0. The molecule has 0 fully saturated rings. The molecule has 0 spiro atoms. The zero-order chi connectivity index (χ0) is 17.6. The van der Waals surface area contributed by atoms with Gasteiger partial charge in [-0.1, -0.05) is 62.5 Å². The molecule has 0 saturated carbocycles. The molecule has 0 N–H and O–H groups in total. The summed E-state index contributed by atoms with van der Waals surface area (Å²) in [7, 11) is 0.722. The van der Waals surface area contributed by atoms with Crippen molar-refractivity contribution in [1.29, 1.82) is 0 Å². The van der Waals surface area contributed by atoms with Crippen molar-refractivity contribution in [3.63, 3.8) is 0 Å². The van der Waals surface area contributed by atoms with Crippen molar-refractivity contribution in [2.75, 3.05) is 14.2 Å². The number of esters is 2. The first kappa shape index (κ1) is 19.4. The van der Waals surface area contributed by atoms with Gasteiger partial charge in [0, 0.05) is 0 Å². The lowest BCUT2D eigenvalue weighted by Gasteiger charge is -2.39. The van der Waals surface area contributed by atoms with E-state index in [1.54, 1.807) is 0 Å². The smallest absolute Gasteiger partial charge is 0.309 e. The van der Waals surface area contributed by atoms with Crippen LogP contribution in [0.5, 0.6) is 0 Å². The van der Waals surface area contributed by atoms with Crippen molar-refractivity contribution in [2.45, 2.75) is 38.9 Å². The van der Waals surface area contributed by atoms with Crippen LogP contribution >= 0.6 is 0 Å². The Morgan fingerprint density at radius 1 is 1.04 bits per heavy atom. The molecule has 0 heterocycles. The third kappa shape index (κ3) is 4.67. The minimum absolute atomic E-state index is 0.0648. The van der Waals surface area contributed by atoms with Crippen LogP contribution in [0.25, 0.3) is 0 Å². The second-order valence-corrected chi connectivity index (χ2v) is 11.5. The molecule has 1 aromatic rings. The van der Waals surface area contributed by atoms with E-state index in [1.807, 2.05) is 18.2 Å². The van der Waals surface area contributed by atoms with Crippen LogP contribution in [0, 0.1) is 11.8 Å². The summed E-state index contributed by atoms with van der Waals surface area (Å²) >= 11 is 0. The molecule has 0 amide bonds. The molecule has 1 aromatic carbocycles. The molecule has 0 radical (unpaired) electrons. The topological polar surface area (TPSA) is 52.6 Å². The Balaban J connectivity index is 3.29. The van der Waals surface area contributed by atoms with E-state index in [1.165, 1.54) is 19.4 Å². The van der Waals surface area contributed by atoms with Crippen LogP contribution in [0.3, 0.4) is 0 Å². The van der Waals surface area contributed by atoms with Gasteiger partial charge >= 0.3 is 11.9 Å². The first-order chi connectivity index (χ1) is 10.8. The molecular formula is C18H28O4Si. The number of ether oxygens (including phenoxy) is 2. The average molecular weight is 337 g/mol. The van der Waals surface area contributed by atoms with Gasteiger partial charge in [0.2, 0.25) is 0 Å². The fourth-order valence-electron chi connectivity index (χ4n) is 3.63. The van der Waals surface area contributed by atoms with Crippen LogP contribution in [0.4, 0.5) is 0 Å². The summed E-state index contributed by atoms with van der Waals surface area (Å²) in [5.74, 6) is -0.922. The highest BCUT2D eigenvalue weighted by atomic mass is 28.3. The number of rotatable bonds is 7. The highest BCUT2D eigenvalue weighted by Gasteiger charge is 2.44. The van der Waals surface area contributed by atoms with Crippen molar-refractivity contribution in [2.24, 2.45) is 11.8 Å². The Morgan fingerprint density at radius 2 is 1.61 bits per heavy atom. The Morgan fingerprint density at radius 3 is 2.04 bits per heavy atom. The maximum atomic E-state index is 12.4. The van der Waals surface area contributed by atoms with Crippen LogP contribution in [0.1, 0.15) is 20.3 Å². The van der Waals surface area contributed by atoms with E-state index in [9.17, 15) is 9.59 Å². The maximum absolute atomic E-state index is 12.4. The molecule has 4 nitrogen and oxygen atoms in total. The molecule has 128 valence electrons. The van der Waals surface area contributed by atoms with Crippen molar-refractivity contribution in [3.8, 4) is 0 Å². The van der Waals surface area contributed by atoms with E-state index < -0.39 is 14.0 Å². The molecule has 0 aliphatic rings. The monoisotopic (exact) mass is 336 g/mol. The Kier molecular flexibility index (Phi) is 7.00. The van der Waals surface area contributed by atoms with Crippen LogP contribution in [0.2, 0.25) is 18.6 Å². The van der Waals surface area contributed by atoms with E-state index in [0.717, 1.165) is 0 Å². The van der Waals surface area contributed by atoms with E-state index >= 15 is 0 Å². The van der Waals surface area contributed by atoms with E-state index in [4.69, 9.17) is 9.47 Å². The maximum Gasteiger partial charge on any atom is 0.309 e. The Labute approximate surface area is 140 Å². The fraction of sp³-hybridized carbons (Fsp3) is 0.556. The Bertz CT molecular complexity index is 525. The summed E-state index contributed by atoms with van der Waals surface area (Å²) in [6.45, 7) is 8.71. The van der Waals surface area contributed by atoms with Crippen molar-refractivity contribution >= 4 is 25.2 Å². The van der Waals surface area contributed by atoms with Gasteiger partial charge in [-0.3, -0.25) is 9.59 Å². The summed E-state index contributed by atoms with van der Waals surface area (Å²) in [4.78, 5) is 24.2. The molecule has 0 aliphatic heterocycles. The lowest BCUT2D eigenvalue weighted by Crippen LogP contribution is -2.52. The molecule has 23 heavy (non-hydrogen) atoms. The van der Waals surface area contributed by atoms with Crippen molar-refractivity contribution in [1.82, 2.24) is 0 Å². The zero-order valence-corrected chi connectivity index (χ0v) is 16.0. The number of hydrogen-bond donors (Lipinski definition) is 0. The zero-order valence-electron chi connectivity index (χ0n) is 15.0. The summed E-state index contributed by atoms with van der Waals surface area (Å²) in [5, 5.41) is 1.28. The minimum atomic E-state index is -2.00. The van der Waals surface area contributed by atoms with Gasteiger partial charge in [-0.25, -0.2) is 0 Å². The summed E-state index contributed by atoms with van der Waals surface area (Å²) < 4.78 is 9.79. The van der Waals surface area contributed by atoms with E-state index in [-0.39, 0.29) is 29.8 Å². The SMILES string of the molecule is COC(=O)C[C@H](C(=O)OC)[C@@H](C(C)C)[Si](C)(C)c1ccccc1. The second-order valence-electron chi connectivity index (χ2n) is 6.77. The van der Waals surface area contributed by atoms with Gasteiger partial charge in [0.1, 0.15) is 0 Å². The minimum Gasteiger partial charge on any atom is -0.469 e.